The third-order valence-corrected chi connectivity index (χ3v) is 8.72. The van der Waals surface area contributed by atoms with Crippen LogP contribution in [0.5, 0.6) is 0 Å². The molecular formula is C24H26N4O6S2. The van der Waals surface area contributed by atoms with E-state index in [-0.39, 0.29) is 27.7 Å². The fourth-order valence-electron chi connectivity index (χ4n) is 3.96. The number of hydrogen-bond acceptors (Lipinski definition) is 7. The van der Waals surface area contributed by atoms with E-state index in [2.05, 4.69) is 10.3 Å². The van der Waals surface area contributed by atoms with Crippen LogP contribution in [-0.4, -0.2) is 55.3 Å². The van der Waals surface area contributed by atoms with Gasteiger partial charge in [-0.3, -0.25) is 14.4 Å². The number of carbonyl (C=O) groups is 3. The lowest BCUT2D eigenvalue weighted by Crippen LogP contribution is -2.35. The smallest absolute Gasteiger partial charge is 0.325 e. The van der Waals surface area contributed by atoms with Crippen LogP contribution in [0.25, 0.3) is 10.2 Å². The molecule has 1 fully saturated rings. The number of piperidine rings is 1. The summed E-state index contributed by atoms with van der Waals surface area (Å²) >= 11 is 1.18. The number of sulfonamides is 1. The second kappa shape index (κ2) is 10.7. The van der Waals surface area contributed by atoms with Crippen LogP contribution in [0, 0.1) is 0 Å². The van der Waals surface area contributed by atoms with Gasteiger partial charge >= 0.3 is 5.97 Å². The van der Waals surface area contributed by atoms with E-state index in [0.29, 0.717) is 29.0 Å². The molecular weight excluding hydrogens is 504 g/mol. The molecule has 36 heavy (non-hydrogen) atoms. The maximum Gasteiger partial charge on any atom is 0.325 e. The number of anilines is 1. The number of ether oxygens (including phenoxy) is 1. The third-order valence-electron chi connectivity index (χ3n) is 5.77. The number of thiazole rings is 1. The average molecular weight is 531 g/mol. The molecule has 12 heteroatoms. The predicted molar refractivity (Wildman–Crippen MR) is 135 cm³/mol. The van der Waals surface area contributed by atoms with Crippen molar-refractivity contribution in [2.24, 2.45) is 4.99 Å². The first-order valence-corrected chi connectivity index (χ1v) is 13.6. The van der Waals surface area contributed by atoms with Crippen molar-refractivity contribution in [2.75, 3.05) is 25.5 Å². The first-order valence-electron chi connectivity index (χ1n) is 11.4. The van der Waals surface area contributed by atoms with Gasteiger partial charge in [-0.2, -0.15) is 9.30 Å². The van der Waals surface area contributed by atoms with Gasteiger partial charge in [0.15, 0.2) is 4.80 Å². The number of amides is 2. The molecule has 2 amide bonds. The quantitative estimate of drug-likeness (QED) is 0.488. The Hall–Kier alpha value is -3.35. The van der Waals surface area contributed by atoms with Crippen molar-refractivity contribution in [3.05, 3.63) is 52.8 Å². The number of methoxy groups -OCH3 is 1. The summed E-state index contributed by atoms with van der Waals surface area (Å²) in [5, 5.41) is 2.70. The molecule has 0 aliphatic carbocycles. The Kier molecular flexibility index (Phi) is 7.67. The lowest BCUT2D eigenvalue weighted by molar-refractivity contribution is -0.141. The van der Waals surface area contributed by atoms with Crippen molar-refractivity contribution in [2.45, 2.75) is 37.6 Å². The minimum atomic E-state index is -3.61. The van der Waals surface area contributed by atoms with Gasteiger partial charge in [0.1, 0.15) is 6.54 Å². The van der Waals surface area contributed by atoms with Crippen LogP contribution in [0.2, 0.25) is 0 Å². The molecule has 2 heterocycles. The van der Waals surface area contributed by atoms with Gasteiger partial charge < -0.3 is 14.6 Å². The monoisotopic (exact) mass is 530 g/mol. The van der Waals surface area contributed by atoms with Gasteiger partial charge in [-0.25, -0.2) is 8.42 Å². The SMILES string of the molecule is COC(=O)Cn1c(=NC(=O)c2ccc(S(=O)(=O)N3CCCCC3)cc2)sc2cc(NC(C)=O)ccc21. The standard InChI is InChI=1S/C24H26N4O6S2/c1-16(29)25-18-8-11-20-21(14-18)35-24(28(20)15-22(30)34-2)26-23(31)17-6-9-19(10-7-17)36(32,33)27-12-4-3-5-13-27/h6-11,14H,3-5,12-13,15H2,1-2H3,(H,25,29). The maximum atomic E-state index is 13.0. The van der Waals surface area contributed by atoms with Crippen LogP contribution in [-0.2, 0) is 30.9 Å². The Balaban J connectivity index is 1.67. The molecule has 190 valence electrons. The van der Waals surface area contributed by atoms with Crippen molar-refractivity contribution in [1.29, 1.82) is 0 Å². The molecule has 1 saturated heterocycles. The largest absolute Gasteiger partial charge is 0.468 e. The van der Waals surface area contributed by atoms with Crippen molar-refractivity contribution in [3.63, 3.8) is 0 Å². The maximum absolute atomic E-state index is 13.0. The number of rotatable bonds is 6. The molecule has 1 aliphatic rings. The fraction of sp³-hybridized carbons (Fsp3) is 0.333. The fourth-order valence-corrected chi connectivity index (χ4v) is 6.55. The van der Waals surface area contributed by atoms with Crippen LogP contribution < -0.4 is 10.1 Å². The van der Waals surface area contributed by atoms with Gasteiger partial charge in [0.2, 0.25) is 15.9 Å². The lowest BCUT2D eigenvalue weighted by atomic mass is 10.2. The molecule has 1 aromatic heterocycles. The van der Waals surface area contributed by atoms with E-state index in [4.69, 9.17) is 4.74 Å². The Morgan fingerprint density at radius 2 is 1.75 bits per heavy atom. The number of nitrogens with zero attached hydrogens (tertiary/aromatic N) is 3. The summed E-state index contributed by atoms with van der Waals surface area (Å²) in [6.45, 7) is 2.23. The van der Waals surface area contributed by atoms with Crippen LogP contribution in [0.1, 0.15) is 36.5 Å². The normalized spacial score (nSPS) is 15.1. The zero-order valence-electron chi connectivity index (χ0n) is 19.9. The lowest BCUT2D eigenvalue weighted by Gasteiger charge is -2.25. The second-order valence-corrected chi connectivity index (χ2v) is 11.3. The summed E-state index contributed by atoms with van der Waals surface area (Å²) < 4.78 is 34.3. The van der Waals surface area contributed by atoms with Gasteiger partial charge in [-0.1, -0.05) is 17.8 Å². The van der Waals surface area contributed by atoms with Gasteiger partial charge in [0, 0.05) is 31.3 Å². The molecule has 4 rings (SSSR count). The minimum absolute atomic E-state index is 0.133. The van der Waals surface area contributed by atoms with Crippen LogP contribution in [0.3, 0.4) is 0 Å². The summed E-state index contributed by atoms with van der Waals surface area (Å²) in [7, 11) is -2.34. The number of benzene rings is 2. The van der Waals surface area contributed by atoms with E-state index in [9.17, 15) is 22.8 Å². The Morgan fingerprint density at radius 3 is 2.39 bits per heavy atom. The van der Waals surface area contributed by atoms with Gasteiger partial charge in [0.05, 0.1) is 22.2 Å². The summed E-state index contributed by atoms with van der Waals surface area (Å²) in [4.78, 5) is 41.0. The van der Waals surface area contributed by atoms with E-state index in [1.165, 1.54) is 53.9 Å². The highest BCUT2D eigenvalue weighted by Crippen LogP contribution is 2.23. The number of fused-ring (bicyclic) bond motifs is 1. The summed E-state index contributed by atoms with van der Waals surface area (Å²) in [6.07, 6.45) is 2.69. The Labute approximate surface area is 212 Å². The molecule has 1 aliphatic heterocycles. The molecule has 0 bridgehead atoms. The first kappa shape index (κ1) is 25.7. The number of aromatic nitrogens is 1. The van der Waals surface area contributed by atoms with Crippen molar-refractivity contribution in [1.82, 2.24) is 8.87 Å². The molecule has 0 unspecified atom stereocenters. The molecule has 2 aromatic carbocycles. The Bertz CT molecular complexity index is 1480. The topological polar surface area (TPSA) is 127 Å². The van der Waals surface area contributed by atoms with Crippen LogP contribution >= 0.6 is 11.3 Å². The summed E-state index contributed by atoms with van der Waals surface area (Å²) in [5.74, 6) is -1.31. The van der Waals surface area contributed by atoms with E-state index < -0.39 is 21.9 Å². The van der Waals surface area contributed by atoms with Crippen LogP contribution in [0.4, 0.5) is 5.69 Å². The number of nitrogens with one attached hydrogen (secondary N) is 1. The predicted octanol–water partition coefficient (Wildman–Crippen LogP) is 2.75. The number of hydrogen-bond donors (Lipinski definition) is 1. The third kappa shape index (κ3) is 5.55. The van der Waals surface area contributed by atoms with E-state index in [1.54, 1.807) is 22.8 Å². The highest BCUT2D eigenvalue weighted by Gasteiger charge is 2.26. The van der Waals surface area contributed by atoms with Gasteiger partial charge in [-0.05, 0) is 55.3 Å². The van der Waals surface area contributed by atoms with Crippen molar-refractivity contribution < 1.29 is 27.5 Å². The highest BCUT2D eigenvalue weighted by molar-refractivity contribution is 7.89. The van der Waals surface area contributed by atoms with Crippen molar-refractivity contribution in [3.8, 4) is 0 Å². The molecule has 0 spiro atoms. The Morgan fingerprint density at radius 1 is 1.06 bits per heavy atom. The zero-order chi connectivity index (χ0) is 25.9. The minimum Gasteiger partial charge on any atom is -0.468 e. The van der Waals surface area contributed by atoms with E-state index in [1.807, 2.05) is 0 Å². The first-order chi connectivity index (χ1) is 17.2. The van der Waals surface area contributed by atoms with E-state index in [0.717, 1.165) is 19.3 Å². The zero-order valence-corrected chi connectivity index (χ0v) is 21.5. The molecule has 10 nitrogen and oxygen atoms in total. The summed E-state index contributed by atoms with van der Waals surface area (Å²) in [5.41, 5.74) is 1.44. The molecule has 0 radical (unpaired) electrons. The van der Waals surface area contributed by atoms with Crippen LogP contribution in [0.15, 0.2) is 52.4 Å². The molecule has 1 N–H and O–H groups in total. The van der Waals surface area contributed by atoms with Gasteiger partial charge in [-0.15, -0.1) is 0 Å². The number of carbonyl (C=O) groups excluding carboxylic acids is 3. The second-order valence-electron chi connectivity index (χ2n) is 8.32. The highest BCUT2D eigenvalue weighted by atomic mass is 32.2. The molecule has 0 atom stereocenters. The molecule has 3 aromatic rings. The number of esters is 1. The molecule has 0 saturated carbocycles. The average Bonchev–Trinajstić information content (AvgIpc) is 3.19. The van der Waals surface area contributed by atoms with E-state index >= 15 is 0 Å². The van der Waals surface area contributed by atoms with Crippen molar-refractivity contribution >= 4 is 55.0 Å². The van der Waals surface area contributed by atoms with Gasteiger partial charge in [0.25, 0.3) is 5.91 Å². The summed E-state index contributed by atoms with van der Waals surface area (Å²) in [6, 6.07) is 10.9.